The second-order valence-electron chi connectivity index (χ2n) is 4.38. The molecule has 0 amide bonds. The molecule has 3 N–H and O–H groups in total. The molecule has 0 radical (unpaired) electrons. The second kappa shape index (κ2) is 5.71. The van der Waals surface area contributed by atoms with Gasteiger partial charge in [0.05, 0.1) is 20.6 Å². The molecule has 0 aromatic heterocycles. The minimum atomic E-state index is -3.85. The third kappa shape index (κ3) is 3.40. The smallest absolute Gasteiger partial charge is 0.262 e. The van der Waals surface area contributed by atoms with Gasteiger partial charge in [0.2, 0.25) is 0 Å². The lowest BCUT2D eigenvalue weighted by atomic mass is 10.2. The maximum atomic E-state index is 13.3. The van der Waals surface area contributed by atoms with Crippen LogP contribution in [0.4, 0.5) is 15.8 Å². The third-order valence-corrected chi connectivity index (χ3v) is 4.82. The Morgan fingerprint density at radius 2 is 1.71 bits per heavy atom. The molecular weight excluding hydrogens is 338 g/mol. The molecule has 0 aliphatic carbocycles. The largest absolute Gasteiger partial charge is 0.399 e. The van der Waals surface area contributed by atoms with E-state index in [0.717, 1.165) is 12.1 Å². The van der Waals surface area contributed by atoms with Crippen molar-refractivity contribution in [3.8, 4) is 0 Å². The zero-order valence-corrected chi connectivity index (χ0v) is 13.2. The first-order valence-electron chi connectivity index (χ1n) is 5.74. The topological polar surface area (TPSA) is 72.2 Å². The number of benzene rings is 2. The van der Waals surface area contributed by atoms with E-state index in [1.807, 2.05) is 0 Å². The van der Waals surface area contributed by atoms with Crippen molar-refractivity contribution < 1.29 is 12.8 Å². The SMILES string of the molecule is Cc1cc(N)ccc1S(=O)(=O)Nc1cc(Cl)c(F)c(Cl)c1. The summed E-state index contributed by atoms with van der Waals surface area (Å²) in [6.07, 6.45) is 0. The van der Waals surface area contributed by atoms with Crippen molar-refractivity contribution in [2.24, 2.45) is 0 Å². The van der Waals surface area contributed by atoms with Crippen LogP contribution in [-0.2, 0) is 10.0 Å². The Morgan fingerprint density at radius 3 is 2.24 bits per heavy atom. The number of aryl methyl sites for hydroxylation is 1. The molecule has 8 heteroatoms. The molecule has 2 rings (SSSR count). The maximum Gasteiger partial charge on any atom is 0.262 e. The monoisotopic (exact) mass is 348 g/mol. The number of nitrogen functional groups attached to an aromatic ring is 1. The van der Waals surface area contributed by atoms with Crippen molar-refractivity contribution in [3.63, 3.8) is 0 Å². The first kappa shape index (κ1) is 15.9. The summed E-state index contributed by atoms with van der Waals surface area (Å²) in [7, 11) is -3.85. The lowest BCUT2D eigenvalue weighted by molar-refractivity contribution is 0.600. The lowest BCUT2D eigenvalue weighted by Crippen LogP contribution is -2.14. The molecule has 0 spiro atoms. The fraction of sp³-hybridized carbons (Fsp3) is 0.0769. The minimum absolute atomic E-state index is 0.0632. The van der Waals surface area contributed by atoms with Gasteiger partial charge in [-0.2, -0.15) is 0 Å². The molecule has 0 fully saturated rings. The Morgan fingerprint density at radius 1 is 1.14 bits per heavy atom. The van der Waals surface area contributed by atoms with Crippen molar-refractivity contribution in [2.45, 2.75) is 11.8 Å². The molecule has 0 bridgehead atoms. The molecule has 0 heterocycles. The standard InChI is InChI=1S/C13H11Cl2FN2O2S/c1-7-4-8(17)2-3-12(7)21(19,20)18-9-5-10(14)13(16)11(15)6-9/h2-6,18H,17H2,1H3. The molecular formula is C13H11Cl2FN2O2S. The Kier molecular flexibility index (Phi) is 4.32. The molecule has 2 aromatic carbocycles. The van der Waals surface area contributed by atoms with Gasteiger partial charge in [-0.1, -0.05) is 23.2 Å². The van der Waals surface area contributed by atoms with Gasteiger partial charge in [-0.15, -0.1) is 0 Å². The summed E-state index contributed by atoms with van der Waals surface area (Å²) in [5.74, 6) is -0.801. The van der Waals surface area contributed by atoms with Crippen molar-refractivity contribution in [1.82, 2.24) is 0 Å². The molecule has 0 aliphatic heterocycles. The third-order valence-electron chi connectivity index (χ3n) is 2.72. The number of rotatable bonds is 3. The van der Waals surface area contributed by atoms with E-state index in [0.29, 0.717) is 11.3 Å². The van der Waals surface area contributed by atoms with Crippen molar-refractivity contribution in [3.05, 3.63) is 51.8 Å². The molecule has 0 saturated carbocycles. The number of nitrogens with one attached hydrogen (secondary N) is 1. The normalized spacial score (nSPS) is 11.4. The van der Waals surface area contributed by atoms with Gasteiger partial charge in [-0.05, 0) is 42.8 Å². The number of hydrogen-bond acceptors (Lipinski definition) is 3. The molecule has 21 heavy (non-hydrogen) atoms. The van der Waals surface area contributed by atoms with E-state index in [2.05, 4.69) is 4.72 Å². The zero-order valence-electron chi connectivity index (χ0n) is 10.8. The summed E-state index contributed by atoms with van der Waals surface area (Å²) in [5, 5.41) is -0.538. The molecule has 0 unspecified atom stereocenters. The molecule has 0 atom stereocenters. The highest BCUT2D eigenvalue weighted by Gasteiger charge is 2.18. The van der Waals surface area contributed by atoms with Crippen LogP contribution in [0.15, 0.2) is 35.2 Å². The van der Waals surface area contributed by atoms with Gasteiger partial charge >= 0.3 is 0 Å². The first-order chi connectivity index (χ1) is 9.70. The van der Waals surface area contributed by atoms with Crippen LogP contribution < -0.4 is 10.5 Å². The van der Waals surface area contributed by atoms with Gasteiger partial charge in [0.15, 0.2) is 5.82 Å². The Labute approximate surface area is 131 Å². The van der Waals surface area contributed by atoms with Crippen molar-refractivity contribution >= 4 is 44.6 Å². The maximum absolute atomic E-state index is 13.3. The van der Waals surface area contributed by atoms with Crippen molar-refractivity contribution in [1.29, 1.82) is 0 Å². The van der Waals surface area contributed by atoms with E-state index >= 15 is 0 Å². The number of nitrogens with two attached hydrogens (primary N) is 1. The summed E-state index contributed by atoms with van der Waals surface area (Å²) in [6, 6.07) is 6.70. The fourth-order valence-corrected chi connectivity index (χ4v) is 3.55. The Balaban J connectivity index is 2.42. The first-order valence-corrected chi connectivity index (χ1v) is 7.98. The van der Waals surface area contributed by atoms with E-state index in [4.69, 9.17) is 28.9 Å². The number of sulfonamides is 1. The van der Waals surface area contributed by atoms with E-state index in [9.17, 15) is 12.8 Å². The van der Waals surface area contributed by atoms with Gasteiger partial charge in [-0.25, -0.2) is 12.8 Å². The van der Waals surface area contributed by atoms with Crippen LogP contribution >= 0.6 is 23.2 Å². The number of hydrogen-bond donors (Lipinski definition) is 2. The lowest BCUT2D eigenvalue weighted by Gasteiger charge is -2.11. The van der Waals surface area contributed by atoms with Crippen LogP contribution in [0.1, 0.15) is 5.56 Å². The van der Waals surface area contributed by atoms with Crippen molar-refractivity contribution in [2.75, 3.05) is 10.5 Å². The van der Waals surface area contributed by atoms with E-state index < -0.39 is 15.8 Å². The van der Waals surface area contributed by atoms with Crippen LogP contribution in [0, 0.1) is 12.7 Å². The van der Waals surface area contributed by atoms with Gasteiger partial charge in [0.1, 0.15) is 0 Å². The predicted octanol–water partition coefficient (Wildman–Crippen LogP) is 3.82. The predicted molar refractivity (Wildman–Crippen MR) is 82.8 cm³/mol. The minimum Gasteiger partial charge on any atom is -0.399 e. The molecule has 0 saturated heterocycles. The molecule has 4 nitrogen and oxygen atoms in total. The van der Waals surface area contributed by atoms with Crippen LogP contribution in [-0.4, -0.2) is 8.42 Å². The van der Waals surface area contributed by atoms with Gasteiger partial charge in [0, 0.05) is 5.69 Å². The highest BCUT2D eigenvalue weighted by Crippen LogP contribution is 2.29. The highest BCUT2D eigenvalue weighted by atomic mass is 35.5. The average Bonchev–Trinajstić information content (AvgIpc) is 2.34. The van der Waals surface area contributed by atoms with Gasteiger partial charge in [-0.3, -0.25) is 4.72 Å². The number of anilines is 2. The van der Waals surface area contributed by atoms with Gasteiger partial charge < -0.3 is 5.73 Å². The summed E-state index contributed by atoms with van der Waals surface area (Å²) in [4.78, 5) is 0.0632. The summed E-state index contributed by atoms with van der Waals surface area (Å²) in [5.41, 5.74) is 6.61. The molecule has 112 valence electrons. The quantitative estimate of drug-likeness (QED) is 0.654. The summed E-state index contributed by atoms with van der Waals surface area (Å²) in [6.45, 7) is 1.62. The molecule has 2 aromatic rings. The Hall–Kier alpha value is -1.50. The van der Waals surface area contributed by atoms with Crippen LogP contribution in [0.3, 0.4) is 0 Å². The Bertz CT molecular complexity index is 787. The highest BCUT2D eigenvalue weighted by molar-refractivity contribution is 7.92. The number of halogens is 3. The van der Waals surface area contributed by atoms with Gasteiger partial charge in [0.25, 0.3) is 10.0 Å². The van der Waals surface area contributed by atoms with Crippen LogP contribution in [0.25, 0.3) is 0 Å². The van der Waals surface area contributed by atoms with E-state index in [-0.39, 0.29) is 20.6 Å². The van der Waals surface area contributed by atoms with Crippen LogP contribution in [0.2, 0.25) is 10.0 Å². The average molecular weight is 349 g/mol. The zero-order chi connectivity index (χ0) is 15.8. The second-order valence-corrected chi connectivity index (χ2v) is 6.85. The summed E-state index contributed by atoms with van der Waals surface area (Å²) < 4.78 is 40.2. The fourth-order valence-electron chi connectivity index (χ4n) is 1.80. The van der Waals surface area contributed by atoms with Crippen LogP contribution in [0.5, 0.6) is 0 Å². The van der Waals surface area contributed by atoms with E-state index in [1.54, 1.807) is 13.0 Å². The summed E-state index contributed by atoms with van der Waals surface area (Å²) >= 11 is 11.3. The van der Waals surface area contributed by atoms with E-state index in [1.165, 1.54) is 12.1 Å². The molecule has 0 aliphatic rings.